The monoisotopic (exact) mass is 296 g/mol. The third kappa shape index (κ3) is 4.09. The molecule has 1 aromatic heterocycles. The molecule has 0 unspecified atom stereocenters. The molecule has 0 aliphatic carbocycles. The zero-order valence-corrected chi connectivity index (χ0v) is 11.1. The SMILES string of the molecule is C1CCOC1.O=C(O)c1cnc(-c2ccc(F)cc2F)[nH]1. The summed E-state index contributed by atoms with van der Waals surface area (Å²) >= 11 is 0. The Morgan fingerprint density at radius 3 is 2.48 bits per heavy atom. The molecule has 0 spiro atoms. The molecule has 2 N–H and O–H groups in total. The van der Waals surface area contributed by atoms with Gasteiger partial charge in [0.25, 0.3) is 0 Å². The minimum atomic E-state index is -1.19. The zero-order valence-electron chi connectivity index (χ0n) is 11.1. The third-order valence-corrected chi connectivity index (χ3v) is 2.82. The second-order valence-electron chi connectivity index (χ2n) is 4.39. The summed E-state index contributed by atoms with van der Waals surface area (Å²) in [4.78, 5) is 16.7. The van der Waals surface area contributed by atoms with Gasteiger partial charge in [-0.15, -0.1) is 0 Å². The van der Waals surface area contributed by atoms with Crippen LogP contribution in [0.25, 0.3) is 11.4 Å². The first-order valence-electron chi connectivity index (χ1n) is 6.39. The summed E-state index contributed by atoms with van der Waals surface area (Å²) in [7, 11) is 0. The Kier molecular flexibility index (Phi) is 4.99. The van der Waals surface area contributed by atoms with Crippen LogP contribution in [0.15, 0.2) is 24.4 Å². The third-order valence-electron chi connectivity index (χ3n) is 2.82. The highest BCUT2D eigenvalue weighted by molar-refractivity contribution is 5.85. The number of ether oxygens (including phenoxy) is 1. The number of aromatic amines is 1. The average molecular weight is 296 g/mol. The van der Waals surface area contributed by atoms with Crippen LogP contribution >= 0.6 is 0 Å². The van der Waals surface area contributed by atoms with Crippen molar-refractivity contribution in [3.8, 4) is 11.4 Å². The molecule has 1 aromatic carbocycles. The molecular formula is C14H14F2N2O3. The Labute approximate surface area is 119 Å². The fourth-order valence-corrected chi connectivity index (χ4v) is 1.76. The summed E-state index contributed by atoms with van der Waals surface area (Å²) in [5, 5.41) is 8.63. The van der Waals surface area contributed by atoms with E-state index in [0.717, 1.165) is 25.5 Å². The first-order chi connectivity index (χ1) is 10.1. The first-order valence-corrected chi connectivity index (χ1v) is 6.39. The number of nitrogens with zero attached hydrogens (tertiary/aromatic N) is 1. The van der Waals surface area contributed by atoms with Crippen LogP contribution in [0, 0.1) is 11.6 Å². The van der Waals surface area contributed by atoms with Gasteiger partial charge in [-0.2, -0.15) is 0 Å². The largest absolute Gasteiger partial charge is 0.477 e. The lowest BCUT2D eigenvalue weighted by molar-refractivity contribution is 0.0691. The van der Waals surface area contributed by atoms with Crippen molar-refractivity contribution in [2.24, 2.45) is 0 Å². The molecule has 1 aliphatic heterocycles. The van der Waals surface area contributed by atoms with Crippen LogP contribution in [-0.4, -0.2) is 34.3 Å². The van der Waals surface area contributed by atoms with Crippen LogP contribution in [0.2, 0.25) is 0 Å². The topological polar surface area (TPSA) is 75.2 Å². The molecule has 7 heteroatoms. The summed E-state index contributed by atoms with van der Waals surface area (Å²) in [5.74, 6) is -2.64. The molecule has 2 aromatic rings. The number of nitrogens with one attached hydrogen (secondary N) is 1. The van der Waals surface area contributed by atoms with Gasteiger partial charge >= 0.3 is 5.97 Å². The first kappa shape index (κ1) is 15.1. The van der Waals surface area contributed by atoms with E-state index >= 15 is 0 Å². The molecule has 3 rings (SSSR count). The van der Waals surface area contributed by atoms with Gasteiger partial charge in [-0.3, -0.25) is 0 Å². The molecule has 1 aliphatic rings. The number of H-pyrrole nitrogens is 1. The number of carboxylic acids is 1. The van der Waals surface area contributed by atoms with Crippen molar-refractivity contribution in [2.75, 3.05) is 13.2 Å². The molecule has 0 radical (unpaired) electrons. The van der Waals surface area contributed by atoms with E-state index in [-0.39, 0.29) is 17.1 Å². The number of imidazole rings is 1. The molecule has 1 saturated heterocycles. The van der Waals surface area contributed by atoms with Gasteiger partial charge in [0.2, 0.25) is 0 Å². The lowest BCUT2D eigenvalue weighted by Crippen LogP contribution is -1.96. The molecule has 5 nitrogen and oxygen atoms in total. The van der Waals surface area contributed by atoms with E-state index in [1.54, 1.807) is 0 Å². The van der Waals surface area contributed by atoms with Gasteiger partial charge in [-0.25, -0.2) is 18.6 Å². The minimum absolute atomic E-state index is 0.0221. The van der Waals surface area contributed by atoms with Crippen molar-refractivity contribution in [1.29, 1.82) is 0 Å². The van der Waals surface area contributed by atoms with Gasteiger partial charge in [-0.05, 0) is 25.0 Å². The Morgan fingerprint density at radius 1 is 1.29 bits per heavy atom. The number of carboxylic acid groups (broad SMARTS) is 1. The molecule has 0 saturated carbocycles. The van der Waals surface area contributed by atoms with E-state index in [0.29, 0.717) is 6.07 Å². The van der Waals surface area contributed by atoms with Crippen molar-refractivity contribution in [2.45, 2.75) is 12.8 Å². The van der Waals surface area contributed by atoms with Gasteiger partial charge in [0.15, 0.2) is 0 Å². The standard InChI is InChI=1S/C10H6F2N2O2.C4H8O/c11-5-1-2-6(7(12)3-5)9-13-4-8(14-9)10(15)16;1-2-4-5-3-1/h1-4H,(H,13,14)(H,15,16);1-4H2. The second kappa shape index (κ2) is 6.94. The lowest BCUT2D eigenvalue weighted by atomic mass is 10.2. The van der Waals surface area contributed by atoms with Gasteiger partial charge in [0, 0.05) is 19.3 Å². The summed E-state index contributed by atoms with van der Waals surface area (Å²) in [6.07, 6.45) is 3.63. The van der Waals surface area contributed by atoms with Crippen LogP contribution in [0.1, 0.15) is 23.3 Å². The number of hydrogen-bond donors (Lipinski definition) is 2. The highest BCUT2D eigenvalue weighted by Crippen LogP contribution is 2.20. The van der Waals surface area contributed by atoms with Crippen LogP contribution < -0.4 is 0 Å². The molecular weight excluding hydrogens is 282 g/mol. The summed E-state index contributed by atoms with van der Waals surface area (Å²) in [6.45, 7) is 2.00. The minimum Gasteiger partial charge on any atom is -0.477 e. The number of hydrogen-bond acceptors (Lipinski definition) is 3. The Balaban J connectivity index is 0.000000272. The second-order valence-corrected chi connectivity index (χ2v) is 4.39. The zero-order chi connectivity index (χ0) is 15.2. The predicted molar refractivity (Wildman–Crippen MR) is 71.0 cm³/mol. The van der Waals surface area contributed by atoms with Crippen molar-refractivity contribution >= 4 is 5.97 Å². The molecule has 0 amide bonds. The van der Waals surface area contributed by atoms with E-state index in [2.05, 4.69) is 9.97 Å². The number of rotatable bonds is 2. The van der Waals surface area contributed by atoms with Crippen molar-refractivity contribution in [1.82, 2.24) is 9.97 Å². The maximum Gasteiger partial charge on any atom is 0.353 e. The highest BCUT2D eigenvalue weighted by Gasteiger charge is 2.12. The van der Waals surface area contributed by atoms with Crippen LogP contribution in [0.5, 0.6) is 0 Å². The molecule has 112 valence electrons. The van der Waals surface area contributed by atoms with Crippen LogP contribution in [0.3, 0.4) is 0 Å². The van der Waals surface area contributed by atoms with Crippen molar-refractivity contribution in [3.63, 3.8) is 0 Å². The Hall–Kier alpha value is -2.28. The molecule has 2 heterocycles. The summed E-state index contributed by atoms with van der Waals surface area (Å²) in [5.41, 5.74) is -0.132. The van der Waals surface area contributed by atoms with E-state index in [9.17, 15) is 13.6 Å². The molecule has 1 fully saturated rings. The predicted octanol–water partition coefficient (Wildman–Crippen LogP) is 2.85. The normalized spacial score (nSPS) is 13.6. The van der Waals surface area contributed by atoms with Crippen molar-refractivity contribution in [3.05, 3.63) is 41.7 Å². The quantitative estimate of drug-likeness (QED) is 0.893. The summed E-state index contributed by atoms with van der Waals surface area (Å²) < 4.78 is 30.9. The van der Waals surface area contributed by atoms with E-state index in [1.165, 1.54) is 18.9 Å². The maximum absolute atomic E-state index is 13.3. The van der Waals surface area contributed by atoms with E-state index in [1.807, 2.05) is 0 Å². The van der Waals surface area contributed by atoms with Gasteiger partial charge in [0.1, 0.15) is 23.2 Å². The van der Waals surface area contributed by atoms with Gasteiger partial charge < -0.3 is 14.8 Å². The molecule has 0 atom stereocenters. The highest BCUT2D eigenvalue weighted by atomic mass is 19.1. The Bertz CT molecular complexity index is 617. The number of aromatic nitrogens is 2. The fraction of sp³-hybridized carbons (Fsp3) is 0.286. The van der Waals surface area contributed by atoms with Crippen LogP contribution in [0.4, 0.5) is 8.78 Å². The molecule has 21 heavy (non-hydrogen) atoms. The van der Waals surface area contributed by atoms with Gasteiger partial charge in [0.05, 0.1) is 11.8 Å². The maximum atomic E-state index is 13.3. The smallest absolute Gasteiger partial charge is 0.353 e. The lowest BCUT2D eigenvalue weighted by Gasteiger charge is -1.98. The number of aromatic carboxylic acids is 1. The number of benzene rings is 1. The Morgan fingerprint density at radius 2 is 2.00 bits per heavy atom. The van der Waals surface area contributed by atoms with E-state index < -0.39 is 17.6 Å². The summed E-state index contributed by atoms with van der Waals surface area (Å²) in [6, 6.07) is 2.97. The average Bonchev–Trinajstić information content (AvgIpc) is 3.13. The number of halogens is 2. The van der Waals surface area contributed by atoms with Crippen LogP contribution in [-0.2, 0) is 4.74 Å². The fourth-order valence-electron chi connectivity index (χ4n) is 1.76. The van der Waals surface area contributed by atoms with Gasteiger partial charge in [-0.1, -0.05) is 0 Å². The van der Waals surface area contributed by atoms with Crippen molar-refractivity contribution < 1.29 is 23.4 Å². The number of carbonyl (C=O) groups is 1. The van der Waals surface area contributed by atoms with E-state index in [4.69, 9.17) is 9.84 Å². The molecule has 0 bridgehead atoms.